The van der Waals surface area contributed by atoms with Gasteiger partial charge < -0.3 is 19.5 Å². The Morgan fingerprint density at radius 3 is 2.84 bits per heavy atom. The van der Waals surface area contributed by atoms with Crippen molar-refractivity contribution in [2.24, 2.45) is 0 Å². The maximum absolute atomic E-state index is 12.2. The van der Waals surface area contributed by atoms with Crippen molar-refractivity contribution >= 4 is 6.09 Å². The molecule has 2 heterocycles. The Morgan fingerprint density at radius 2 is 2.20 bits per heavy atom. The fourth-order valence-electron chi connectivity index (χ4n) is 2.70. The van der Waals surface area contributed by atoms with E-state index in [1.165, 1.54) is 0 Å². The van der Waals surface area contributed by atoms with Gasteiger partial charge in [-0.25, -0.2) is 4.79 Å². The second-order valence-electron chi connectivity index (χ2n) is 6.41. The van der Waals surface area contributed by atoms with Crippen LogP contribution >= 0.6 is 0 Å². The number of carbonyl (C=O) groups excluding carboxylic acids is 1. The molecule has 7 nitrogen and oxygen atoms in total. The molecule has 1 amide bonds. The van der Waals surface area contributed by atoms with Crippen LogP contribution in [0.3, 0.4) is 0 Å². The fraction of sp³-hybridized carbons (Fsp3) is 0.444. The molecule has 3 rings (SSSR count). The highest BCUT2D eigenvalue weighted by Gasteiger charge is 2.38. The molecule has 1 aromatic carbocycles. The number of benzene rings is 1. The molecular weight excluding hydrogens is 322 g/mol. The Hall–Kier alpha value is -2.38. The van der Waals surface area contributed by atoms with Crippen molar-refractivity contribution in [2.45, 2.75) is 44.9 Å². The molecule has 0 aliphatic carbocycles. The summed E-state index contributed by atoms with van der Waals surface area (Å²) < 4.78 is 18.6. The van der Waals surface area contributed by atoms with E-state index in [1.807, 2.05) is 56.4 Å². The van der Waals surface area contributed by atoms with Crippen LogP contribution in [0.1, 0.15) is 19.4 Å². The Kier molecular flexibility index (Phi) is 5.35. The van der Waals surface area contributed by atoms with E-state index in [-0.39, 0.29) is 18.8 Å². The molecule has 0 saturated carbocycles. The summed E-state index contributed by atoms with van der Waals surface area (Å²) in [7, 11) is 0. The van der Waals surface area contributed by atoms with Crippen LogP contribution in [0.25, 0.3) is 0 Å². The number of ether oxygens (including phenoxy) is 3. The number of hydrogen-bond donors (Lipinski definition) is 1. The van der Waals surface area contributed by atoms with Gasteiger partial charge in [0.15, 0.2) is 5.79 Å². The van der Waals surface area contributed by atoms with E-state index in [1.54, 1.807) is 10.9 Å². The summed E-state index contributed by atoms with van der Waals surface area (Å²) >= 11 is 0. The minimum atomic E-state index is -0.664. The van der Waals surface area contributed by atoms with Crippen LogP contribution in [-0.2, 0) is 27.4 Å². The highest BCUT2D eigenvalue weighted by molar-refractivity contribution is 5.67. The maximum atomic E-state index is 12.2. The smallest absolute Gasteiger partial charge is 0.407 e. The van der Waals surface area contributed by atoms with Gasteiger partial charge in [-0.3, -0.25) is 4.68 Å². The monoisotopic (exact) mass is 345 g/mol. The molecule has 1 aromatic heterocycles. The third-order valence-electron chi connectivity index (χ3n) is 3.94. The van der Waals surface area contributed by atoms with Crippen molar-refractivity contribution in [3.63, 3.8) is 0 Å². The van der Waals surface area contributed by atoms with Gasteiger partial charge in [-0.15, -0.1) is 0 Å². The number of nitrogens with zero attached hydrogens (tertiary/aromatic N) is 2. The van der Waals surface area contributed by atoms with Gasteiger partial charge in [0.25, 0.3) is 0 Å². The Bertz CT molecular complexity index is 673. The molecule has 0 spiro atoms. The van der Waals surface area contributed by atoms with Gasteiger partial charge in [-0.1, -0.05) is 30.3 Å². The molecular formula is C18H23N3O4. The molecule has 134 valence electrons. The lowest BCUT2D eigenvalue weighted by molar-refractivity contribution is -0.142. The summed E-state index contributed by atoms with van der Waals surface area (Å²) in [6, 6.07) is 11.1. The standard InChI is InChI=1S/C18H23N3O4/c1-18(2)24-13-16(25-18)15(11-21-10-6-9-19-21)20-17(22)23-12-14-7-4-3-5-8-14/h3-10,15-16H,11-13H2,1-2H3,(H,20,22)/t15-,16-/m1/s1. The SMILES string of the molecule is CC1(C)OC[C@H]([C@@H](Cn2cccn2)NC(=O)OCc2ccccc2)O1. The molecule has 0 bridgehead atoms. The van der Waals surface area contributed by atoms with E-state index in [0.717, 1.165) is 5.56 Å². The molecule has 1 fully saturated rings. The molecule has 1 N–H and O–H groups in total. The maximum Gasteiger partial charge on any atom is 0.407 e. The molecule has 0 radical (unpaired) electrons. The van der Waals surface area contributed by atoms with E-state index < -0.39 is 11.9 Å². The summed E-state index contributed by atoms with van der Waals surface area (Å²) in [4.78, 5) is 12.2. The Morgan fingerprint density at radius 1 is 1.40 bits per heavy atom. The lowest BCUT2D eigenvalue weighted by atomic mass is 10.1. The van der Waals surface area contributed by atoms with Crippen molar-refractivity contribution in [3.8, 4) is 0 Å². The summed E-state index contributed by atoms with van der Waals surface area (Å²) in [5.74, 6) is -0.664. The summed E-state index contributed by atoms with van der Waals surface area (Å²) in [6.45, 7) is 4.79. The molecule has 1 saturated heterocycles. The van der Waals surface area contributed by atoms with E-state index in [4.69, 9.17) is 14.2 Å². The van der Waals surface area contributed by atoms with Crippen molar-refractivity contribution < 1.29 is 19.0 Å². The lowest BCUT2D eigenvalue weighted by Crippen LogP contribution is -2.47. The zero-order valence-corrected chi connectivity index (χ0v) is 14.4. The predicted molar refractivity (Wildman–Crippen MR) is 90.7 cm³/mol. The van der Waals surface area contributed by atoms with E-state index in [9.17, 15) is 4.79 Å². The molecule has 2 aromatic rings. The second-order valence-corrected chi connectivity index (χ2v) is 6.41. The average molecular weight is 345 g/mol. The first kappa shape index (κ1) is 17.4. The van der Waals surface area contributed by atoms with E-state index >= 15 is 0 Å². The van der Waals surface area contributed by atoms with Gasteiger partial charge in [0.2, 0.25) is 0 Å². The molecule has 2 atom stereocenters. The van der Waals surface area contributed by atoms with Crippen LogP contribution < -0.4 is 5.32 Å². The highest BCUT2D eigenvalue weighted by Crippen LogP contribution is 2.24. The first-order valence-electron chi connectivity index (χ1n) is 8.28. The van der Waals surface area contributed by atoms with Crippen molar-refractivity contribution in [3.05, 3.63) is 54.4 Å². The van der Waals surface area contributed by atoms with Crippen molar-refractivity contribution in [1.82, 2.24) is 15.1 Å². The predicted octanol–water partition coefficient (Wildman–Crippen LogP) is 2.33. The number of hydrogen-bond acceptors (Lipinski definition) is 5. The normalized spacial score (nSPS) is 20.2. The number of alkyl carbamates (subject to hydrolysis) is 1. The number of nitrogens with one attached hydrogen (secondary N) is 1. The number of carbonyl (C=O) groups is 1. The third kappa shape index (κ3) is 5.04. The number of aromatic nitrogens is 2. The molecule has 1 aliphatic rings. The first-order valence-corrected chi connectivity index (χ1v) is 8.28. The van der Waals surface area contributed by atoms with Gasteiger partial charge in [-0.05, 0) is 25.5 Å². The summed E-state index contributed by atoms with van der Waals surface area (Å²) in [5, 5.41) is 7.07. The second kappa shape index (κ2) is 7.67. The van der Waals surface area contributed by atoms with Crippen LogP contribution in [0, 0.1) is 0 Å². The lowest BCUT2D eigenvalue weighted by Gasteiger charge is -2.25. The van der Waals surface area contributed by atoms with Crippen molar-refractivity contribution in [2.75, 3.05) is 6.61 Å². The van der Waals surface area contributed by atoms with Gasteiger partial charge in [-0.2, -0.15) is 5.10 Å². The topological polar surface area (TPSA) is 74.6 Å². The van der Waals surface area contributed by atoms with Gasteiger partial charge >= 0.3 is 6.09 Å². The average Bonchev–Trinajstić information content (AvgIpc) is 3.22. The zero-order chi connectivity index (χ0) is 17.7. The molecule has 0 unspecified atom stereocenters. The van der Waals surface area contributed by atoms with Crippen LogP contribution in [-0.4, -0.2) is 40.4 Å². The molecule has 7 heteroatoms. The highest BCUT2D eigenvalue weighted by atomic mass is 16.7. The Labute approximate surface area is 146 Å². The third-order valence-corrected chi connectivity index (χ3v) is 3.94. The van der Waals surface area contributed by atoms with Crippen molar-refractivity contribution in [1.29, 1.82) is 0 Å². The fourth-order valence-corrected chi connectivity index (χ4v) is 2.70. The van der Waals surface area contributed by atoms with Crippen LogP contribution in [0.2, 0.25) is 0 Å². The van der Waals surface area contributed by atoms with Gasteiger partial charge in [0.05, 0.1) is 19.2 Å². The van der Waals surface area contributed by atoms with Crippen LogP contribution in [0.15, 0.2) is 48.8 Å². The van der Waals surface area contributed by atoms with Crippen LogP contribution in [0.4, 0.5) is 4.79 Å². The number of rotatable bonds is 6. The Balaban J connectivity index is 1.59. The summed E-state index contributed by atoms with van der Waals surface area (Å²) in [5.41, 5.74) is 0.933. The minimum Gasteiger partial charge on any atom is -0.445 e. The van der Waals surface area contributed by atoms with E-state index in [2.05, 4.69) is 10.4 Å². The molecule has 25 heavy (non-hydrogen) atoms. The first-order chi connectivity index (χ1) is 12.0. The largest absolute Gasteiger partial charge is 0.445 e. The minimum absolute atomic E-state index is 0.217. The zero-order valence-electron chi connectivity index (χ0n) is 14.4. The number of amides is 1. The van der Waals surface area contributed by atoms with Gasteiger partial charge in [0, 0.05) is 12.4 Å². The van der Waals surface area contributed by atoms with Crippen LogP contribution in [0.5, 0.6) is 0 Å². The van der Waals surface area contributed by atoms with Gasteiger partial charge in [0.1, 0.15) is 12.7 Å². The summed E-state index contributed by atoms with van der Waals surface area (Å²) in [6.07, 6.45) is 2.77. The molecule has 1 aliphatic heterocycles. The quantitative estimate of drug-likeness (QED) is 0.870. The van der Waals surface area contributed by atoms with E-state index in [0.29, 0.717) is 13.2 Å².